The average molecular weight is 465 g/mol. The minimum Gasteiger partial charge on any atom is -0.340 e. The van der Waals surface area contributed by atoms with Gasteiger partial charge >= 0.3 is 5.69 Å². The van der Waals surface area contributed by atoms with Crippen LogP contribution in [-0.4, -0.2) is 56.7 Å². The Morgan fingerprint density at radius 2 is 1.81 bits per heavy atom. The predicted octanol–water partition coefficient (Wildman–Crippen LogP) is 2.56. The lowest BCUT2D eigenvalue weighted by Crippen LogP contribution is -2.48. The lowest BCUT2D eigenvalue weighted by molar-refractivity contribution is 0.230. The summed E-state index contributed by atoms with van der Waals surface area (Å²) in [5.41, 5.74) is 0.697. The average Bonchev–Trinajstić information content (AvgIpc) is 3.09. The molecule has 0 unspecified atom stereocenters. The molecular weight excluding hydrogens is 439 g/mol. The van der Waals surface area contributed by atoms with Gasteiger partial charge in [0.15, 0.2) is 11.2 Å². The fourth-order valence-corrected chi connectivity index (χ4v) is 4.40. The van der Waals surface area contributed by atoms with Crippen LogP contribution >= 0.6 is 23.2 Å². The third-order valence-corrected chi connectivity index (χ3v) is 6.33. The van der Waals surface area contributed by atoms with E-state index in [2.05, 4.69) is 28.6 Å². The molecule has 1 aliphatic heterocycles. The number of imidazole rings is 1. The van der Waals surface area contributed by atoms with Gasteiger partial charge in [-0.25, -0.2) is 4.79 Å². The van der Waals surface area contributed by atoms with Crippen LogP contribution in [0.5, 0.6) is 0 Å². The van der Waals surface area contributed by atoms with Crippen molar-refractivity contribution < 1.29 is 0 Å². The van der Waals surface area contributed by atoms with E-state index < -0.39 is 11.2 Å². The standard InChI is InChI=1S/C21H26Cl2N6O2/c1-13(2)11-27-6-8-28(9-7-27)20-24-18-17(19(30)25-21(31)26(18)3)29(20)12-14-4-5-15(22)16(23)10-14/h4-5,10,13H,6-9,11-12H2,1-3H3,(H,25,30,31). The second-order valence-corrected chi connectivity index (χ2v) is 9.23. The van der Waals surface area contributed by atoms with E-state index in [9.17, 15) is 9.59 Å². The van der Waals surface area contributed by atoms with Crippen molar-refractivity contribution in [2.75, 3.05) is 37.6 Å². The van der Waals surface area contributed by atoms with Gasteiger partial charge in [0.05, 0.1) is 16.6 Å². The van der Waals surface area contributed by atoms with Crippen LogP contribution in [0.3, 0.4) is 0 Å². The maximum atomic E-state index is 12.7. The lowest BCUT2D eigenvalue weighted by atomic mass is 10.2. The number of aromatic nitrogens is 4. The summed E-state index contributed by atoms with van der Waals surface area (Å²) < 4.78 is 3.24. The minimum absolute atomic E-state index is 0.368. The Kier molecular flexibility index (Phi) is 6.14. The number of benzene rings is 1. The molecule has 0 spiro atoms. The highest BCUT2D eigenvalue weighted by Crippen LogP contribution is 2.26. The number of piperazine rings is 1. The van der Waals surface area contributed by atoms with E-state index in [1.165, 1.54) is 4.57 Å². The number of fused-ring (bicyclic) bond motifs is 1. The van der Waals surface area contributed by atoms with E-state index in [1.807, 2.05) is 10.6 Å². The fourth-order valence-electron chi connectivity index (χ4n) is 4.08. The second-order valence-electron chi connectivity index (χ2n) is 8.42. The third-order valence-electron chi connectivity index (χ3n) is 5.59. The molecule has 1 aromatic carbocycles. The Morgan fingerprint density at radius 1 is 1.10 bits per heavy atom. The first-order chi connectivity index (χ1) is 14.7. The van der Waals surface area contributed by atoms with Crippen molar-refractivity contribution in [2.45, 2.75) is 20.4 Å². The highest BCUT2D eigenvalue weighted by Gasteiger charge is 2.25. The Labute approximate surface area is 190 Å². The second kappa shape index (κ2) is 8.68. The maximum absolute atomic E-state index is 12.7. The molecule has 1 fully saturated rings. The predicted molar refractivity (Wildman–Crippen MR) is 125 cm³/mol. The van der Waals surface area contributed by atoms with Crippen molar-refractivity contribution in [3.63, 3.8) is 0 Å². The molecule has 0 bridgehead atoms. The Balaban J connectivity index is 1.77. The van der Waals surface area contributed by atoms with Gasteiger partial charge in [-0.1, -0.05) is 43.1 Å². The first kappa shape index (κ1) is 21.9. The fraction of sp³-hybridized carbons (Fsp3) is 0.476. The van der Waals surface area contributed by atoms with E-state index >= 15 is 0 Å². The van der Waals surface area contributed by atoms with Gasteiger partial charge in [-0.05, 0) is 23.6 Å². The first-order valence-corrected chi connectivity index (χ1v) is 11.1. The molecule has 1 saturated heterocycles. The van der Waals surface area contributed by atoms with Gasteiger partial charge in [-0.15, -0.1) is 0 Å². The van der Waals surface area contributed by atoms with Crippen molar-refractivity contribution in [2.24, 2.45) is 13.0 Å². The zero-order valence-corrected chi connectivity index (χ0v) is 19.4. The van der Waals surface area contributed by atoms with Crippen molar-refractivity contribution in [3.05, 3.63) is 54.6 Å². The molecule has 3 heterocycles. The van der Waals surface area contributed by atoms with Gasteiger partial charge in [-0.2, -0.15) is 4.98 Å². The summed E-state index contributed by atoms with van der Waals surface area (Å²) in [5, 5.41) is 0.927. The van der Waals surface area contributed by atoms with Crippen LogP contribution in [0.25, 0.3) is 11.2 Å². The number of hydrogen-bond acceptors (Lipinski definition) is 5. The molecule has 8 nitrogen and oxygen atoms in total. The largest absolute Gasteiger partial charge is 0.340 e. The number of H-pyrrole nitrogens is 1. The van der Waals surface area contributed by atoms with Crippen LogP contribution in [0.1, 0.15) is 19.4 Å². The summed E-state index contributed by atoms with van der Waals surface area (Å²) in [7, 11) is 1.61. The molecule has 1 N–H and O–H groups in total. The van der Waals surface area contributed by atoms with Gasteiger partial charge in [-0.3, -0.25) is 23.8 Å². The van der Waals surface area contributed by atoms with Crippen LogP contribution in [0, 0.1) is 5.92 Å². The van der Waals surface area contributed by atoms with Crippen LogP contribution < -0.4 is 16.1 Å². The monoisotopic (exact) mass is 464 g/mol. The number of hydrogen-bond donors (Lipinski definition) is 1. The SMILES string of the molecule is CC(C)CN1CCN(c2nc3c(c(=O)[nH]c(=O)n3C)n2Cc2ccc(Cl)c(Cl)c2)CC1. The van der Waals surface area contributed by atoms with Gasteiger partial charge in [0.25, 0.3) is 5.56 Å². The van der Waals surface area contributed by atoms with Crippen LogP contribution in [0.4, 0.5) is 5.95 Å². The molecule has 0 atom stereocenters. The highest BCUT2D eigenvalue weighted by atomic mass is 35.5. The van der Waals surface area contributed by atoms with Gasteiger partial charge < -0.3 is 4.90 Å². The Morgan fingerprint density at radius 3 is 2.45 bits per heavy atom. The molecule has 0 aliphatic carbocycles. The number of nitrogens with one attached hydrogen (secondary N) is 1. The van der Waals surface area contributed by atoms with Crippen LogP contribution in [0.15, 0.2) is 27.8 Å². The van der Waals surface area contributed by atoms with E-state index in [0.717, 1.165) is 38.3 Å². The van der Waals surface area contributed by atoms with E-state index in [1.54, 1.807) is 19.2 Å². The van der Waals surface area contributed by atoms with E-state index in [-0.39, 0.29) is 0 Å². The van der Waals surface area contributed by atoms with Gasteiger partial charge in [0.2, 0.25) is 5.95 Å². The molecule has 0 amide bonds. The first-order valence-electron chi connectivity index (χ1n) is 10.4. The van der Waals surface area contributed by atoms with Gasteiger partial charge in [0, 0.05) is 39.8 Å². The quantitative estimate of drug-likeness (QED) is 0.627. The number of nitrogens with zero attached hydrogens (tertiary/aromatic N) is 5. The van der Waals surface area contributed by atoms with Crippen LogP contribution in [0.2, 0.25) is 10.0 Å². The van der Waals surface area contributed by atoms with Crippen molar-refractivity contribution in [1.29, 1.82) is 0 Å². The minimum atomic E-state index is -0.481. The Hall–Kier alpha value is -2.29. The lowest BCUT2D eigenvalue weighted by Gasteiger charge is -2.36. The highest BCUT2D eigenvalue weighted by molar-refractivity contribution is 6.42. The number of anilines is 1. The summed E-state index contributed by atoms with van der Waals surface area (Å²) in [5.74, 6) is 1.29. The summed E-state index contributed by atoms with van der Waals surface area (Å²) in [6.07, 6.45) is 0. The van der Waals surface area contributed by atoms with E-state index in [4.69, 9.17) is 28.2 Å². The zero-order valence-electron chi connectivity index (χ0n) is 17.9. The molecule has 166 valence electrons. The number of aromatic amines is 1. The molecule has 10 heteroatoms. The molecular formula is C21H26Cl2N6O2. The van der Waals surface area contributed by atoms with E-state index in [0.29, 0.717) is 39.6 Å². The van der Waals surface area contributed by atoms with Crippen LogP contribution in [-0.2, 0) is 13.6 Å². The molecule has 3 aromatic rings. The summed E-state index contributed by atoms with van der Waals surface area (Å²) >= 11 is 12.3. The normalized spacial score (nSPS) is 15.4. The topological polar surface area (TPSA) is 79.2 Å². The van der Waals surface area contributed by atoms with Crippen molar-refractivity contribution >= 4 is 40.3 Å². The summed E-state index contributed by atoms with van der Waals surface area (Å²) in [4.78, 5) is 36.6. The molecule has 31 heavy (non-hydrogen) atoms. The molecule has 0 radical (unpaired) electrons. The number of halogens is 2. The van der Waals surface area contributed by atoms with Crippen molar-refractivity contribution in [3.8, 4) is 0 Å². The van der Waals surface area contributed by atoms with Gasteiger partial charge in [0.1, 0.15) is 0 Å². The molecule has 4 rings (SSSR count). The number of aryl methyl sites for hydroxylation is 1. The Bertz CT molecular complexity index is 1220. The maximum Gasteiger partial charge on any atom is 0.329 e. The smallest absolute Gasteiger partial charge is 0.329 e. The number of rotatable bonds is 5. The van der Waals surface area contributed by atoms with Crippen molar-refractivity contribution in [1.82, 2.24) is 24.0 Å². The molecule has 0 saturated carbocycles. The molecule has 2 aromatic heterocycles. The zero-order chi connectivity index (χ0) is 22.3. The third kappa shape index (κ3) is 4.37. The summed E-state index contributed by atoms with van der Waals surface area (Å²) in [6, 6.07) is 5.40. The summed E-state index contributed by atoms with van der Waals surface area (Å²) in [6.45, 7) is 9.31. The molecule has 1 aliphatic rings.